The van der Waals surface area contributed by atoms with Crippen molar-refractivity contribution in [1.29, 1.82) is 0 Å². The molecule has 1 aliphatic rings. The highest BCUT2D eigenvalue weighted by atomic mass is 16.7. The summed E-state index contributed by atoms with van der Waals surface area (Å²) in [6.07, 6.45) is 53.6. The Hall–Kier alpha value is -4.20. The van der Waals surface area contributed by atoms with Gasteiger partial charge in [-0.3, -0.25) is 9.59 Å². The fourth-order valence-corrected chi connectivity index (χ4v) is 7.34. The van der Waals surface area contributed by atoms with Crippen molar-refractivity contribution >= 4 is 11.9 Å². The number of hydrogen-bond acceptors (Lipinski definition) is 10. The maximum Gasteiger partial charge on any atom is 0.306 e. The SMILES string of the molecule is CC\C=C/C=C/C=C/C=C\C=C\C=C\CCCCCC(=O)OC1C(OCC(NC(=O)C(O)CCCC\C=C/C=C\C=C\C=C\CC)C(O)/C=C/CCCCCCCCCCCC)OC(CO)C(O)C1O. The summed E-state index contributed by atoms with van der Waals surface area (Å²) in [6, 6.07) is -1.06. The molecule has 0 aromatic carbocycles. The van der Waals surface area contributed by atoms with E-state index in [2.05, 4.69) is 44.3 Å². The summed E-state index contributed by atoms with van der Waals surface area (Å²) in [6.45, 7) is 5.39. The number of hydrogen-bond donors (Lipinski definition) is 6. The second-order valence-corrected chi connectivity index (χ2v) is 17.7. The molecule has 1 heterocycles. The number of aliphatic hydroxyl groups excluding tert-OH is 5. The number of rotatable bonds is 41. The van der Waals surface area contributed by atoms with Crippen molar-refractivity contribution < 1.29 is 49.3 Å². The molecule has 0 aliphatic carbocycles. The van der Waals surface area contributed by atoms with Crippen LogP contribution >= 0.6 is 0 Å². The summed E-state index contributed by atoms with van der Waals surface area (Å²) in [7, 11) is 0. The smallest absolute Gasteiger partial charge is 0.306 e. The number of ether oxygens (including phenoxy) is 3. The molecule has 0 aromatic heterocycles. The minimum absolute atomic E-state index is 0.0583. The third-order valence-electron chi connectivity index (χ3n) is 11.6. The average Bonchev–Trinajstić information content (AvgIpc) is 3.36. The number of carbonyl (C=O) groups is 2. The Balaban J connectivity index is 2.84. The van der Waals surface area contributed by atoms with Crippen LogP contribution in [0.5, 0.6) is 0 Å². The van der Waals surface area contributed by atoms with Gasteiger partial charge in [-0.1, -0.05) is 225 Å². The molecule has 11 nitrogen and oxygen atoms in total. The fourth-order valence-electron chi connectivity index (χ4n) is 7.34. The zero-order chi connectivity index (χ0) is 51.1. The lowest BCUT2D eigenvalue weighted by Crippen LogP contribution is -2.61. The quantitative estimate of drug-likeness (QED) is 0.0150. The van der Waals surface area contributed by atoms with Crippen molar-refractivity contribution in [2.45, 2.75) is 211 Å². The third-order valence-corrected chi connectivity index (χ3v) is 11.6. The largest absolute Gasteiger partial charge is 0.454 e. The highest BCUT2D eigenvalue weighted by Crippen LogP contribution is 2.26. The van der Waals surface area contributed by atoms with Crippen molar-refractivity contribution in [3.8, 4) is 0 Å². The topological polar surface area (TPSA) is 175 Å². The molecule has 0 radical (unpaired) electrons. The lowest BCUT2D eigenvalue weighted by molar-refractivity contribution is -0.305. The Labute approximate surface area is 422 Å². The van der Waals surface area contributed by atoms with Gasteiger partial charge in [-0.2, -0.15) is 0 Å². The van der Waals surface area contributed by atoms with Crippen molar-refractivity contribution in [3.05, 3.63) is 134 Å². The molecule has 6 N–H and O–H groups in total. The van der Waals surface area contributed by atoms with E-state index in [4.69, 9.17) is 14.2 Å². The molecule has 11 heteroatoms. The van der Waals surface area contributed by atoms with Crippen LogP contribution in [-0.4, -0.2) is 99.6 Å². The van der Waals surface area contributed by atoms with Crippen molar-refractivity contribution in [2.75, 3.05) is 13.2 Å². The zero-order valence-electron chi connectivity index (χ0n) is 43.1. The third kappa shape index (κ3) is 34.2. The molecular weight excluding hydrogens is 883 g/mol. The Morgan fingerprint density at radius 3 is 1.54 bits per heavy atom. The maximum atomic E-state index is 13.3. The van der Waals surface area contributed by atoms with Gasteiger partial charge in [0, 0.05) is 6.42 Å². The molecule has 0 saturated carbocycles. The molecular formula is C59H93NO10. The van der Waals surface area contributed by atoms with Gasteiger partial charge in [-0.15, -0.1) is 0 Å². The lowest BCUT2D eigenvalue weighted by Gasteiger charge is -2.41. The van der Waals surface area contributed by atoms with Gasteiger partial charge >= 0.3 is 5.97 Å². The number of unbranched alkanes of at least 4 members (excludes halogenated alkanes) is 15. The van der Waals surface area contributed by atoms with Gasteiger partial charge in [-0.25, -0.2) is 0 Å². The standard InChI is InChI=1S/C59H93NO10/c1-4-7-10-13-16-19-22-25-26-27-28-29-32-35-38-41-44-47-54(64)70-57-56(66)55(65)53(48-61)69-59(57)68-49-50(51(62)45-42-39-36-33-30-23-20-17-14-11-8-5-2)60-58(67)52(63)46-43-40-37-34-31-24-21-18-15-12-9-6-3/h7,9-10,12-13,15-16,18-19,21-22,24-29,31-32,34,42,45,50-53,55-57,59,61-63,65-66H,4-6,8,11,14,17,20,23,30,33,35-41,43-44,46-49H2,1-3H3,(H,60,67)/b10-7-,12-9+,16-13+,18-15+,22-19+,24-21-,26-25-,28-27+,32-29+,34-31-,45-42+. The van der Waals surface area contributed by atoms with E-state index >= 15 is 0 Å². The first kappa shape index (κ1) is 63.8. The van der Waals surface area contributed by atoms with Crippen molar-refractivity contribution in [3.63, 3.8) is 0 Å². The van der Waals surface area contributed by atoms with Crippen LogP contribution in [0.3, 0.4) is 0 Å². The molecule has 394 valence electrons. The zero-order valence-corrected chi connectivity index (χ0v) is 43.1. The predicted molar refractivity (Wildman–Crippen MR) is 287 cm³/mol. The summed E-state index contributed by atoms with van der Waals surface area (Å²) in [5, 5.41) is 56.6. The van der Waals surface area contributed by atoms with Crippen LogP contribution in [-0.2, 0) is 23.8 Å². The van der Waals surface area contributed by atoms with Crippen LogP contribution in [0.2, 0.25) is 0 Å². The number of nitrogens with one attached hydrogen (secondary N) is 1. The number of allylic oxidation sites excluding steroid dienone is 21. The Kier molecular flexibility index (Phi) is 41.9. The fraction of sp³-hybridized carbons (Fsp3) is 0.593. The highest BCUT2D eigenvalue weighted by molar-refractivity contribution is 5.80. The second kappa shape index (κ2) is 45.9. The number of aliphatic hydroxyl groups is 5. The van der Waals surface area contributed by atoms with E-state index < -0.39 is 67.4 Å². The van der Waals surface area contributed by atoms with Crippen LogP contribution < -0.4 is 5.32 Å². The lowest BCUT2D eigenvalue weighted by atomic mass is 9.99. The number of carbonyl (C=O) groups excluding carboxylic acids is 2. The average molecular weight is 976 g/mol. The van der Waals surface area contributed by atoms with Crippen molar-refractivity contribution in [1.82, 2.24) is 5.32 Å². The maximum absolute atomic E-state index is 13.3. The summed E-state index contributed by atoms with van der Waals surface area (Å²) < 4.78 is 17.5. The van der Waals surface area contributed by atoms with E-state index in [-0.39, 0.29) is 19.4 Å². The van der Waals surface area contributed by atoms with Crippen LogP contribution in [0.25, 0.3) is 0 Å². The van der Waals surface area contributed by atoms with Crippen LogP contribution in [0, 0.1) is 0 Å². The molecule has 70 heavy (non-hydrogen) atoms. The monoisotopic (exact) mass is 976 g/mol. The molecule has 8 unspecified atom stereocenters. The molecule has 1 amide bonds. The normalized spacial score (nSPS) is 20.8. The first-order valence-corrected chi connectivity index (χ1v) is 26.6. The molecule has 1 aliphatic heterocycles. The minimum Gasteiger partial charge on any atom is -0.454 e. The van der Waals surface area contributed by atoms with Crippen LogP contribution in [0.4, 0.5) is 0 Å². The molecule has 0 spiro atoms. The van der Waals surface area contributed by atoms with E-state index in [1.165, 1.54) is 44.9 Å². The predicted octanol–water partition coefficient (Wildman–Crippen LogP) is 11.3. The van der Waals surface area contributed by atoms with Gasteiger partial charge in [0.15, 0.2) is 12.4 Å². The summed E-state index contributed by atoms with van der Waals surface area (Å²) in [5.41, 5.74) is 0. The molecule has 1 rings (SSSR count). The van der Waals surface area contributed by atoms with Gasteiger partial charge in [-0.05, 0) is 64.2 Å². The minimum atomic E-state index is -1.65. The van der Waals surface area contributed by atoms with E-state index in [1.54, 1.807) is 6.08 Å². The molecule has 0 aromatic rings. The Morgan fingerprint density at radius 2 is 1.03 bits per heavy atom. The van der Waals surface area contributed by atoms with E-state index in [0.29, 0.717) is 12.8 Å². The number of amides is 1. The van der Waals surface area contributed by atoms with Gasteiger partial charge in [0.05, 0.1) is 25.4 Å². The van der Waals surface area contributed by atoms with E-state index in [9.17, 15) is 35.1 Å². The van der Waals surface area contributed by atoms with Crippen molar-refractivity contribution in [2.24, 2.45) is 0 Å². The molecule has 0 bridgehead atoms. The van der Waals surface area contributed by atoms with Crippen LogP contribution in [0.15, 0.2) is 134 Å². The molecule has 8 atom stereocenters. The summed E-state index contributed by atoms with van der Waals surface area (Å²) in [5.74, 6) is -1.30. The Morgan fingerprint density at radius 1 is 0.571 bits per heavy atom. The van der Waals surface area contributed by atoms with E-state index in [1.807, 2.05) is 109 Å². The first-order chi connectivity index (χ1) is 34.2. The second-order valence-electron chi connectivity index (χ2n) is 17.7. The van der Waals surface area contributed by atoms with Gasteiger partial charge in [0.2, 0.25) is 5.91 Å². The molecule has 1 fully saturated rings. The van der Waals surface area contributed by atoms with E-state index in [0.717, 1.165) is 70.6 Å². The number of esters is 1. The highest BCUT2D eigenvalue weighted by Gasteiger charge is 2.47. The van der Waals surface area contributed by atoms with Gasteiger partial charge in [0.25, 0.3) is 0 Å². The summed E-state index contributed by atoms with van der Waals surface area (Å²) in [4.78, 5) is 26.4. The van der Waals surface area contributed by atoms with Gasteiger partial charge < -0.3 is 45.1 Å². The summed E-state index contributed by atoms with van der Waals surface area (Å²) >= 11 is 0. The van der Waals surface area contributed by atoms with Crippen LogP contribution in [0.1, 0.15) is 162 Å². The van der Waals surface area contributed by atoms with Gasteiger partial charge in [0.1, 0.15) is 24.4 Å². The molecule has 1 saturated heterocycles. The first-order valence-electron chi connectivity index (χ1n) is 26.6. The Bertz CT molecular complexity index is 1640.